The fourth-order valence-electron chi connectivity index (χ4n) is 1.69. The van der Waals surface area contributed by atoms with E-state index in [-0.39, 0.29) is 11.3 Å². The maximum atomic E-state index is 13.7. The van der Waals surface area contributed by atoms with Crippen molar-refractivity contribution < 1.29 is 18.7 Å². The van der Waals surface area contributed by atoms with Gasteiger partial charge in [0.15, 0.2) is 0 Å². The molecule has 3 nitrogen and oxygen atoms in total. The van der Waals surface area contributed by atoms with Crippen LogP contribution in [0.5, 0.6) is 0 Å². The number of benzene rings is 2. The van der Waals surface area contributed by atoms with Crippen molar-refractivity contribution in [3.63, 3.8) is 0 Å². The maximum absolute atomic E-state index is 13.7. The van der Waals surface area contributed by atoms with Crippen LogP contribution in [-0.4, -0.2) is 11.1 Å². The first-order chi connectivity index (χ1) is 8.99. The summed E-state index contributed by atoms with van der Waals surface area (Å²) in [6, 6.07) is 7.72. The zero-order valence-electron chi connectivity index (χ0n) is 10.1. The number of nitrogens with one attached hydrogen (secondary N) is 1. The van der Waals surface area contributed by atoms with Gasteiger partial charge in [0.05, 0.1) is 11.3 Å². The van der Waals surface area contributed by atoms with Crippen molar-refractivity contribution in [1.82, 2.24) is 0 Å². The highest BCUT2D eigenvalue weighted by Gasteiger charge is 2.15. The molecule has 0 bridgehead atoms. The molecule has 0 spiro atoms. The Morgan fingerprint density at radius 2 is 1.95 bits per heavy atom. The number of aromatic carboxylic acids is 1. The van der Waals surface area contributed by atoms with Crippen LogP contribution in [0, 0.1) is 18.6 Å². The van der Waals surface area contributed by atoms with Crippen LogP contribution < -0.4 is 5.32 Å². The fraction of sp³-hybridized carbons (Fsp3) is 0.0714. The number of rotatable bonds is 3. The van der Waals surface area contributed by atoms with Gasteiger partial charge in [-0.2, -0.15) is 0 Å². The largest absolute Gasteiger partial charge is 0.478 e. The van der Waals surface area contributed by atoms with Gasteiger partial charge in [-0.25, -0.2) is 13.6 Å². The van der Waals surface area contributed by atoms with Gasteiger partial charge in [0.1, 0.15) is 11.6 Å². The molecule has 5 heteroatoms. The van der Waals surface area contributed by atoms with E-state index in [2.05, 4.69) is 5.32 Å². The Morgan fingerprint density at radius 3 is 2.63 bits per heavy atom. The van der Waals surface area contributed by atoms with Crippen LogP contribution in [0.15, 0.2) is 36.4 Å². The minimum atomic E-state index is -1.25. The van der Waals surface area contributed by atoms with Crippen LogP contribution in [0.4, 0.5) is 20.2 Å². The van der Waals surface area contributed by atoms with Gasteiger partial charge in [-0.1, -0.05) is 12.1 Å². The number of halogens is 2. The van der Waals surface area contributed by atoms with Crippen LogP contribution in [0.25, 0.3) is 0 Å². The third-order valence-electron chi connectivity index (χ3n) is 2.70. The minimum Gasteiger partial charge on any atom is -0.478 e. The van der Waals surface area contributed by atoms with Gasteiger partial charge in [-0.05, 0) is 36.8 Å². The van der Waals surface area contributed by atoms with Crippen LogP contribution in [0.2, 0.25) is 0 Å². The predicted molar refractivity (Wildman–Crippen MR) is 67.8 cm³/mol. The average Bonchev–Trinajstić information content (AvgIpc) is 2.35. The minimum absolute atomic E-state index is 0.177. The molecule has 0 unspecified atom stereocenters. The molecular formula is C14H11F2NO2. The van der Waals surface area contributed by atoms with Crippen molar-refractivity contribution >= 4 is 17.3 Å². The number of aryl methyl sites for hydroxylation is 1. The number of hydrogen-bond acceptors (Lipinski definition) is 2. The number of carboxylic acids is 1. The SMILES string of the molecule is Cc1ccc(F)cc1Nc1c(F)cccc1C(=O)O. The van der Waals surface area contributed by atoms with E-state index in [1.54, 1.807) is 6.92 Å². The van der Waals surface area contributed by atoms with E-state index in [1.165, 1.54) is 30.3 Å². The summed E-state index contributed by atoms with van der Waals surface area (Å²) in [5.74, 6) is -2.44. The molecule has 2 rings (SSSR count). The Kier molecular flexibility index (Phi) is 3.46. The quantitative estimate of drug-likeness (QED) is 0.887. The molecule has 0 aliphatic rings. The summed E-state index contributed by atoms with van der Waals surface area (Å²) in [6.45, 7) is 1.71. The molecule has 2 aromatic rings. The van der Waals surface area contributed by atoms with E-state index < -0.39 is 17.6 Å². The summed E-state index contributed by atoms with van der Waals surface area (Å²) in [4.78, 5) is 11.0. The molecular weight excluding hydrogens is 252 g/mol. The van der Waals surface area contributed by atoms with E-state index in [0.717, 1.165) is 6.07 Å². The van der Waals surface area contributed by atoms with Crippen molar-refractivity contribution in [2.75, 3.05) is 5.32 Å². The Labute approximate surface area is 108 Å². The highest BCUT2D eigenvalue weighted by Crippen LogP contribution is 2.26. The first kappa shape index (κ1) is 13.0. The van der Waals surface area contributed by atoms with E-state index >= 15 is 0 Å². The van der Waals surface area contributed by atoms with Gasteiger partial charge in [0, 0.05) is 5.69 Å². The smallest absolute Gasteiger partial charge is 0.337 e. The van der Waals surface area contributed by atoms with Crippen molar-refractivity contribution in [3.05, 3.63) is 59.2 Å². The topological polar surface area (TPSA) is 49.3 Å². The second-order valence-corrected chi connectivity index (χ2v) is 4.05. The summed E-state index contributed by atoms with van der Waals surface area (Å²) in [5.41, 5.74) is 0.626. The summed E-state index contributed by atoms with van der Waals surface area (Å²) in [7, 11) is 0. The summed E-state index contributed by atoms with van der Waals surface area (Å²) in [6.07, 6.45) is 0. The Balaban J connectivity index is 2.49. The van der Waals surface area contributed by atoms with E-state index in [1.807, 2.05) is 0 Å². The van der Waals surface area contributed by atoms with E-state index in [4.69, 9.17) is 5.11 Å². The monoisotopic (exact) mass is 263 g/mol. The Morgan fingerprint density at radius 1 is 1.21 bits per heavy atom. The Bertz CT molecular complexity index is 641. The molecule has 0 aliphatic carbocycles. The molecule has 0 heterocycles. The first-order valence-electron chi connectivity index (χ1n) is 5.54. The molecule has 0 amide bonds. The molecule has 98 valence electrons. The van der Waals surface area contributed by atoms with Crippen molar-refractivity contribution in [1.29, 1.82) is 0 Å². The normalized spacial score (nSPS) is 10.3. The maximum Gasteiger partial charge on any atom is 0.337 e. The zero-order valence-corrected chi connectivity index (χ0v) is 10.1. The average molecular weight is 263 g/mol. The molecule has 2 aromatic carbocycles. The number of carboxylic acid groups (broad SMARTS) is 1. The zero-order chi connectivity index (χ0) is 14.0. The number of para-hydroxylation sites is 1. The molecule has 0 fully saturated rings. The van der Waals surface area contributed by atoms with Gasteiger partial charge in [0.25, 0.3) is 0 Å². The van der Waals surface area contributed by atoms with Crippen LogP contribution in [-0.2, 0) is 0 Å². The molecule has 2 N–H and O–H groups in total. The van der Waals surface area contributed by atoms with Gasteiger partial charge in [-0.3, -0.25) is 0 Å². The van der Waals surface area contributed by atoms with Gasteiger partial charge in [-0.15, -0.1) is 0 Å². The highest BCUT2D eigenvalue weighted by atomic mass is 19.1. The summed E-state index contributed by atoms with van der Waals surface area (Å²) >= 11 is 0. The molecule has 19 heavy (non-hydrogen) atoms. The van der Waals surface area contributed by atoms with Crippen LogP contribution in [0.3, 0.4) is 0 Å². The van der Waals surface area contributed by atoms with Crippen molar-refractivity contribution in [2.45, 2.75) is 6.92 Å². The van der Waals surface area contributed by atoms with Gasteiger partial charge < -0.3 is 10.4 Å². The lowest BCUT2D eigenvalue weighted by Crippen LogP contribution is -2.05. The lowest BCUT2D eigenvalue weighted by atomic mass is 10.1. The summed E-state index contributed by atoms with van der Waals surface area (Å²) in [5, 5.41) is 11.6. The third kappa shape index (κ3) is 2.70. The molecule has 0 saturated heterocycles. The molecule has 0 saturated carbocycles. The Hall–Kier alpha value is -2.43. The third-order valence-corrected chi connectivity index (χ3v) is 2.70. The molecule has 0 aliphatic heterocycles. The van der Waals surface area contributed by atoms with Gasteiger partial charge >= 0.3 is 5.97 Å². The second-order valence-electron chi connectivity index (χ2n) is 4.05. The van der Waals surface area contributed by atoms with E-state index in [0.29, 0.717) is 11.3 Å². The summed E-state index contributed by atoms with van der Waals surface area (Å²) < 4.78 is 26.9. The second kappa shape index (κ2) is 5.06. The number of carbonyl (C=O) groups is 1. The standard InChI is InChI=1S/C14H11F2NO2/c1-8-5-6-9(15)7-12(8)17-13-10(14(18)19)3-2-4-11(13)16/h2-7,17H,1H3,(H,18,19). The van der Waals surface area contributed by atoms with Gasteiger partial charge in [0.2, 0.25) is 0 Å². The molecule has 0 atom stereocenters. The lowest BCUT2D eigenvalue weighted by Gasteiger charge is -2.12. The lowest BCUT2D eigenvalue weighted by molar-refractivity contribution is 0.0697. The van der Waals surface area contributed by atoms with Crippen molar-refractivity contribution in [2.24, 2.45) is 0 Å². The number of anilines is 2. The van der Waals surface area contributed by atoms with E-state index in [9.17, 15) is 13.6 Å². The first-order valence-corrected chi connectivity index (χ1v) is 5.54. The predicted octanol–water partition coefficient (Wildman–Crippen LogP) is 3.72. The fourth-order valence-corrected chi connectivity index (χ4v) is 1.69. The highest BCUT2D eigenvalue weighted by molar-refractivity contribution is 5.95. The number of hydrogen-bond donors (Lipinski definition) is 2. The molecule has 0 aromatic heterocycles. The van der Waals surface area contributed by atoms with Crippen molar-refractivity contribution in [3.8, 4) is 0 Å². The van der Waals surface area contributed by atoms with Crippen LogP contribution >= 0.6 is 0 Å². The van der Waals surface area contributed by atoms with Crippen LogP contribution in [0.1, 0.15) is 15.9 Å². The molecule has 0 radical (unpaired) electrons.